The van der Waals surface area contributed by atoms with Crippen LogP contribution in [0, 0.1) is 4.77 Å². The van der Waals surface area contributed by atoms with Crippen LogP contribution < -0.4 is 0 Å². The first-order chi connectivity index (χ1) is 15.2. The summed E-state index contributed by atoms with van der Waals surface area (Å²) in [6.45, 7) is 3.08. The van der Waals surface area contributed by atoms with Crippen molar-refractivity contribution in [3.05, 3.63) is 22.9 Å². The Labute approximate surface area is 189 Å². The van der Waals surface area contributed by atoms with E-state index in [9.17, 15) is 0 Å². The summed E-state index contributed by atoms with van der Waals surface area (Å²) < 4.78 is 18.2. The standard InChI is InChI=1S/C19H26N8O2S2/c1-25-7-6-15(24-25)17-21-23-19(27(17)11-14-5-3-9-29-14)31-12-16-20-22-18(30)26(16)10-13-4-2-8-28-13/h6-7,13-14H,2-5,8-12H2,1H3,(H,22,30). The number of aryl methyl sites for hydroxylation is 1. The van der Waals surface area contributed by atoms with Gasteiger partial charge in [0.05, 0.1) is 31.1 Å². The van der Waals surface area contributed by atoms with Gasteiger partial charge in [-0.2, -0.15) is 10.2 Å². The van der Waals surface area contributed by atoms with Gasteiger partial charge in [-0.25, -0.2) is 0 Å². The molecule has 2 unspecified atom stereocenters. The van der Waals surface area contributed by atoms with E-state index in [-0.39, 0.29) is 12.2 Å². The number of ether oxygens (including phenoxy) is 2. The summed E-state index contributed by atoms with van der Waals surface area (Å²) in [7, 11) is 1.90. The molecule has 12 heteroatoms. The van der Waals surface area contributed by atoms with Gasteiger partial charge in [0.2, 0.25) is 0 Å². The summed E-state index contributed by atoms with van der Waals surface area (Å²) in [5.74, 6) is 2.28. The second kappa shape index (κ2) is 9.23. The maximum Gasteiger partial charge on any atom is 0.195 e. The van der Waals surface area contributed by atoms with Crippen molar-refractivity contribution in [2.45, 2.75) is 61.9 Å². The molecule has 2 aliphatic rings. The minimum Gasteiger partial charge on any atom is -0.376 e. The highest BCUT2D eigenvalue weighted by Gasteiger charge is 2.24. The average Bonchev–Trinajstić information content (AvgIpc) is 3.57. The molecule has 31 heavy (non-hydrogen) atoms. The van der Waals surface area contributed by atoms with Crippen LogP contribution in [-0.4, -0.2) is 64.7 Å². The lowest BCUT2D eigenvalue weighted by atomic mass is 10.2. The molecule has 2 aliphatic heterocycles. The van der Waals surface area contributed by atoms with Gasteiger partial charge in [-0.15, -0.1) is 10.2 Å². The van der Waals surface area contributed by atoms with E-state index < -0.39 is 0 Å². The van der Waals surface area contributed by atoms with Crippen molar-refractivity contribution in [2.24, 2.45) is 7.05 Å². The van der Waals surface area contributed by atoms with Crippen molar-refractivity contribution < 1.29 is 9.47 Å². The average molecular weight is 463 g/mol. The van der Waals surface area contributed by atoms with Gasteiger partial charge in [0.1, 0.15) is 11.5 Å². The van der Waals surface area contributed by atoms with Crippen LogP contribution >= 0.6 is 24.0 Å². The van der Waals surface area contributed by atoms with Crippen LogP contribution in [-0.2, 0) is 35.4 Å². The largest absolute Gasteiger partial charge is 0.376 e. The molecule has 0 aliphatic carbocycles. The van der Waals surface area contributed by atoms with Gasteiger partial charge in [0.15, 0.2) is 15.8 Å². The highest BCUT2D eigenvalue weighted by molar-refractivity contribution is 7.98. The Balaban J connectivity index is 1.36. The maximum absolute atomic E-state index is 5.88. The Bertz CT molecular complexity index is 1080. The van der Waals surface area contributed by atoms with Gasteiger partial charge in [-0.05, 0) is 44.0 Å². The van der Waals surface area contributed by atoms with Crippen molar-refractivity contribution >= 4 is 24.0 Å². The number of rotatable bonds is 8. The first-order valence-corrected chi connectivity index (χ1v) is 12.0. The number of hydrogen-bond donors (Lipinski definition) is 1. The molecule has 166 valence electrons. The lowest BCUT2D eigenvalue weighted by Gasteiger charge is -2.14. The molecule has 0 saturated carbocycles. The molecule has 0 spiro atoms. The second-order valence-corrected chi connectivity index (χ2v) is 9.23. The first-order valence-electron chi connectivity index (χ1n) is 10.6. The molecule has 0 radical (unpaired) electrons. The third-order valence-corrected chi connectivity index (χ3v) is 6.92. The molecule has 2 fully saturated rings. The Kier molecular flexibility index (Phi) is 6.21. The van der Waals surface area contributed by atoms with Gasteiger partial charge < -0.3 is 14.0 Å². The van der Waals surface area contributed by atoms with Crippen molar-refractivity contribution in [1.29, 1.82) is 0 Å². The lowest BCUT2D eigenvalue weighted by molar-refractivity contribution is 0.0952. The lowest BCUT2D eigenvalue weighted by Crippen LogP contribution is -2.18. The van der Waals surface area contributed by atoms with E-state index in [0.29, 0.717) is 17.1 Å². The van der Waals surface area contributed by atoms with Crippen molar-refractivity contribution in [3.63, 3.8) is 0 Å². The van der Waals surface area contributed by atoms with Gasteiger partial charge in [0.25, 0.3) is 0 Å². The molecule has 10 nitrogen and oxygen atoms in total. The van der Waals surface area contributed by atoms with Gasteiger partial charge in [0, 0.05) is 26.5 Å². The van der Waals surface area contributed by atoms with Crippen LogP contribution in [0.15, 0.2) is 17.4 Å². The second-order valence-electron chi connectivity index (χ2n) is 7.91. The molecular weight excluding hydrogens is 436 g/mol. The molecule has 0 bridgehead atoms. The summed E-state index contributed by atoms with van der Waals surface area (Å²) in [6, 6.07) is 1.96. The summed E-state index contributed by atoms with van der Waals surface area (Å²) in [5, 5.41) is 21.6. The monoisotopic (exact) mass is 462 g/mol. The topological polar surface area (TPSA) is 101 Å². The Morgan fingerprint density at radius 1 is 1.13 bits per heavy atom. The van der Waals surface area contributed by atoms with Crippen LogP contribution in [0.3, 0.4) is 0 Å². The van der Waals surface area contributed by atoms with Crippen molar-refractivity contribution in [3.8, 4) is 11.5 Å². The molecular formula is C19H26N8O2S2. The Morgan fingerprint density at radius 3 is 2.52 bits per heavy atom. The number of hydrogen-bond acceptors (Lipinski definition) is 8. The van der Waals surface area contributed by atoms with E-state index in [0.717, 1.165) is 67.9 Å². The molecule has 1 N–H and O–H groups in total. The van der Waals surface area contributed by atoms with Crippen LogP contribution in [0.4, 0.5) is 0 Å². The zero-order valence-electron chi connectivity index (χ0n) is 17.4. The van der Waals surface area contributed by atoms with Crippen molar-refractivity contribution in [1.82, 2.24) is 39.3 Å². The number of aromatic nitrogens is 8. The Morgan fingerprint density at radius 2 is 1.87 bits per heavy atom. The van der Waals surface area contributed by atoms with Crippen molar-refractivity contribution in [2.75, 3.05) is 13.2 Å². The summed E-state index contributed by atoms with van der Waals surface area (Å²) in [6.07, 6.45) is 6.58. The van der Waals surface area contributed by atoms with E-state index >= 15 is 0 Å². The first kappa shape index (κ1) is 20.9. The fourth-order valence-corrected chi connectivity index (χ4v) is 5.17. The predicted molar refractivity (Wildman–Crippen MR) is 117 cm³/mol. The molecule has 0 aromatic carbocycles. The predicted octanol–water partition coefficient (Wildman–Crippen LogP) is 2.58. The SMILES string of the molecule is Cn1ccc(-c2nnc(SCc3n[nH]c(=S)n3CC3CCCO3)n2CC2CCCO2)n1. The van der Waals surface area contributed by atoms with Crippen LogP contribution in [0.25, 0.3) is 11.5 Å². The number of nitrogens with one attached hydrogen (secondary N) is 1. The van der Waals surface area contributed by atoms with E-state index in [1.807, 2.05) is 23.9 Å². The molecule has 0 amide bonds. The highest BCUT2D eigenvalue weighted by Crippen LogP contribution is 2.28. The van der Waals surface area contributed by atoms with Crippen LogP contribution in [0.1, 0.15) is 31.5 Å². The van der Waals surface area contributed by atoms with Crippen LogP contribution in [0.5, 0.6) is 0 Å². The Hall–Kier alpha value is -2.02. The zero-order chi connectivity index (χ0) is 21.2. The summed E-state index contributed by atoms with van der Waals surface area (Å²) >= 11 is 7.05. The quantitative estimate of drug-likeness (QED) is 0.403. The smallest absolute Gasteiger partial charge is 0.195 e. The number of thioether (sulfide) groups is 1. The zero-order valence-corrected chi connectivity index (χ0v) is 19.1. The molecule has 2 saturated heterocycles. The van der Waals surface area contributed by atoms with E-state index in [4.69, 9.17) is 21.7 Å². The minimum atomic E-state index is 0.173. The van der Waals surface area contributed by atoms with Gasteiger partial charge in [-0.3, -0.25) is 14.3 Å². The minimum absolute atomic E-state index is 0.173. The third-order valence-electron chi connectivity index (χ3n) is 5.65. The van der Waals surface area contributed by atoms with E-state index in [1.54, 1.807) is 16.4 Å². The van der Waals surface area contributed by atoms with E-state index in [2.05, 4.69) is 30.1 Å². The maximum atomic E-state index is 5.88. The summed E-state index contributed by atoms with van der Waals surface area (Å²) in [4.78, 5) is 0. The summed E-state index contributed by atoms with van der Waals surface area (Å²) in [5.41, 5.74) is 0.806. The number of nitrogens with zero attached hydrogens (tertiary/aromatic N) is 7. The fraction of sp³-hybridized carbons (Fsp3) is 0.632. The third kappa shape index (κ3) is 4.61. The number of H-pyrrole nitrogens is 1. The van der Waals surface area contributed by atoms with Gasteiger partial charge in [-0.1, -0.05) is 11.8 Å². The molecule has 3 aromatic heterocycles. The molecule has 2 atom stereocenters. The van der Waals surface area contributed by atoms with E-state index in [1.165, 1.54) is 0 Å². The fourth-order valence-electron chi connectivity index (χ4n) is 4.05. The molecule has 5 heterocycles. The highest BCUT2D eigenvalue weighted by atomic mass is 32.2. The normalized spacial score (nSPS) is 21.3. The van der Waals surface area contributed by atoms with Crippen LogP contribution in [0.2, 0.25) is 0 Å². The molecule has 5 rings (SSSR count). The molecule has 3 aromatic rings. The van der Waals surface area contributed by atoms with Gasteiger partial charge >= 0.3 is 0 Å². The number of aromatic amines is 1.